The Bertz CT molecular complexity index is 1300. The van der Waals surface area contributed by atoms with Crippen LogP contribution in [-0.4, -0.2) is 54.7 Å². The lowest BCUT2D eigenvalue weighted by molar-refractivity contribution is -0.127. The Labute approximate surface area is 222 Å². The van der Waals surface area contributed by atoms with Crippen LogP contribution in [0.25, 0.3) is 11.0 Å². The quantitative estimate of drug-likeness (QED) is 0.374. The van der Waals surface area contributed by atoms with Gasteiger partial charge >= 0.3 is 0 Å². The Morgan fingerprint density at radius 1 is 1.13 bits per heavy atom. The number of rotatable bonds is 11. The number of carbonyl (C=O) groups is 3. The summed E-state index contributed by atoms with van der Waals surface area (Å²) in [6.45, 7) is 4.54. The molecule has 9 nitrogen and oxygen atoms in total. The predicted octanol–water partition coefficient (Wildman–Crippen LogP) is 3.92. The van der Waals surface area contributed by atoms with E-state index in [4.69, 9.17) is 9.15 Å². The van der Waals surface area contributed by atoms with Crippen molar-refractivity contribution in [1.82, 2.24) is 15.6 Å². The number of carbonyl (C=O) groups excluding carboxylic acids is 3. The van der Waals surface area contributed by atoms with Gasteiger partial charge in [0, 0.05) is 24.6 Å². The fraction of sp³-hybridized carbons (Fsp3) is 0.379. The van der Waals surface area contributed by atoms with Crippen LogP contribution in [0.5, 0.6) is 5.75 Å². The lowest BCUT2D eigenvalue weighted by Gasteiger charge is -2.23. The summed E-state index contributed by atoms with van der Waals surface area (Å²) in [5.41, 5.74) is 1.48. The van der Waals surface area contributed by atoms with E-state index in [1.807, 2.05) is 56.3 Å². The number of hydrogen-bond donors (Lipinski definition) is 2. The van der Waals surface area contributed by atoms with E-state index in [0.29, 0.717) is 37.1 Å². The standard InChI is InChI=1S/C29H34N4O5/c1-19(2)15-23(32-29(36)25-17-21-11-7-12-24(37-3)27(21)38-25)28(35)31-22(16-20-9-5-4-6-10-20)18-30-33-14-8-13-26(33)34/h4-7,9-12,17-19,22-23H,8,13-16H2,1-3H3,(H,31,35)(H,32,36)/t22-,23-/m0/s1. The molecule has 200 valence electrons. The fourth-order valence-electron chi connectivity index (χ4n) is 4.45. The number of para-hydroxylation sites is 1. The molecule has 1 aliphatic rings. The van der Waals surface area contributed by atoms with Crippen molar-refractivity contribution in [1.29, 1.82) is 0 Å². The van der Waals surface area contributed by atoms with Crippen molar-refractivity contribution < 1.29 is 23.5 Å². The maximum absolute atomic E-state index is 13.5. The van der Waals surface area contributed by atoms with Crippen LogP contribution in [0.3, 0.4) is 0 Å². The molecule has 2 heterocycles. The zero-order valence-electron chi connectivity index (χ0n) is 22.0. The molecule has 38 heavy (non-hydrogen) atoms. The van der Waals surface area contributed by atoms with Gasteiger partial charge in [-0.2, -0.15) is 5.10 Å². The van der Waals surface area contributed by atoms with E-state index in [1.54, 1.807) is 18.3 Å². The van der Waals surface area contributed by atoms with E-state index >= 15 is 0 Å². The van der Waals surface area contributed by atoms with Crippen molar-refractivity contribution in [2.24, 2.45) is 11.0 Å². The van der Waals surface area contributed by atoms with Crippen molar-refractivity contribution in [3.05, 3.63) is 65.9 Å². The third-order valence-electron chi connectivity index (χ3n) is 6.34. The first-order valence-electron chi connectivity index (χ1n) is 12.9. The van der Waals surface area contributed by atoms with Gasteiger partial charge in [0.1, 0.15) is 6.04 Å². The molecule has 0 spiro atoms. The van der Waals surface area contributed by atoms with Gasteiger partial charge < -0.3 is 19.8 Å². The lowest BCUT2D eigenvalue weighted by Crippen LogP contribution is -2.51. The highest BCUT2D eigenvalue weighted by Crippen LogP contribution is 2.28. The minimum atomic E-state index is -0.794. The van der Waals surface area contributed by atoms with Gasteiger partial charge in [-0.15, -0.1) is 0 Å². The number of amides is 3. The number of hydrogen-bond acceptors (Lipinski definition) is 6. The van der Waals surface area contributed by atoms with E-state index in [0.717, 1.165) is 17.4 Å². The Hall–Kier alpha value is -4.14. The van der Waals surface area contributed by atoms with Crippen LogP contribution in [-0.2, 0) is 16.0 Å². The summed E-state index contributed by atoms with van der Waals surface area (Å²) in [6, 6.07) is 15.5. The fourth-order valence-corrected chi connectivity index (χ4v) is 4.45. The van der Waals surface area contributed by atoms with Crippen LogP contribution >= 0.6 is 0 Å². The number of furan rings is 1. The highest BCUT2D eigenvalue weighted by atomic mass is 16.5. The molecule has 0 aliphatic carbocycles. The second kappa shape index (κ2) is 12.4. The number of nitrogens with one attached hydrogen (secondary N) is 2. The molecule has 2 aromatic carbocycles. The maximum Gasteiger partial charge on any atom is 0.287 e. The number of benzene rings is 2. The maximum atomic E-state index is 13.5. The van der Waals surface area contributed by atoms with Gasteiger partial charge in [0.15, 0.2) is 17.1 Å². The van der Waals surface area contributed by atoms with Gasteiger partial charge in [-0.3, -0.25) is 14.4 Å². The van der Waals surface area contributed by atoms with Gasteiger partial charge in [0.2, 0.25) is 11.8 Å². The average Bonchev–Trinajstić information content (AvgIpc) is 3.53. The minimum Gasteiger partial charge on any atom is -0.493 e. The Morgan fingerprint density at radius 2 is 1.92 bits per heavy atom. The third kappa shape index (κ3) is 6.79. The molecule has 2 N–H and O–H groups in total. The molecule has 3 aromatic rings. The van der Waals surface area contributed by atoms with Gasteiger partial charge in [-0.25, -0.2) is 5.01 Å². The molecule has 0 bridgehead atoms. The summed E-state index contributed by atoms with van der Waals surface area (Å²) in [5.74, 6) is -0.0804. The Balaban J connectivity index is 1.51. The molecule has 2 atom stereocenters. The molecule has 9 heteroatoms. The monoisotopic (exact) mass is 518 g/mol. The third-order valence-corrected chi connectivity index (χ3v) is 6.34. The minimum absolute atomic E-state index is 0.0292. The van der Waals surface area contributed by atoms with Crippen molar-refractivity contribution in [3.8, 4) is 5.75 Å². The second-order valence-electron chi connectivity index (χ2n) is 9.83. The lowest BCUT2D eigenvalue weighted by atomic mass is 10.0. The van der Waals surface area contributed by atoms with E-state index < -0.39 is 18.0 Å². The number of methoxy groups -OCH3 is 1. The molecular weight excluding hydrogens is 484 g/mol. The molecular formula is C29H34N4O5. The smallest absolute Gasteiger partial charge is 0.287 e. The summed E-state index contributed by atoms with van der Waals surface area (Å²) < 4.78 is 11.1. The zero-order chi connectivity index (χ0) is 27.1. The van der Waals surface area contributed by atoms with Gasteiger partial charge in [0.25, 0.3) is 5.91 Å². The molecule has 1 fully saturated rings. The molecule has 0 radical (unpaired) electrons. The number of fused-ring (bicyclic) bond motifs is 1. The Morgan fingerprint density at radius 3 is 2.61 bits per heavy atom. The van der Waals surface area contributed by atoms with Crippen LogP contribution in [0.15, 0.2) is 64.1 Å². The first kappa shape index (κ1) is 26.9. The SMILES string of the molecule is COc1cccc2cc(C(=O)N[C@@H](CC(C)C)C(=O)N[C@H](C=NN3CCCC3=O)Cc3ccccc3)oc12. The summed E-state index contributed by atoms with van der Waals surface area (Å²) >= 11 is 0. The van der Waals surface area contributed by atoms with Crippen molar-refractivity contribution >= 4 is 34.9 Å². The molecule has 4 rings (SSSR count). The molecule has 3 amide bonds. The molecule has 1 aromatic heterocycles. The van der Waals surface area contributed by atoms with Crippen molar-refractivity contribution in [2.45, 2.75) is 51.6 Å². The topological polar surface area (TPSA) is 113 Å². The molecule has 0 unspecified atom stereocenters. The Kier molecular flexibility index (Phi) is 8.78. The molecule has 0 saturated carbocycles. The first-order valence-corrected chi connectivity index (χ1v) is 12.9. The average molecular weight is 519 g/mol. The van der Waals surface area contributed by atoms with Crippen LogP contribution in [0, 0.1) is 5.92 Å². The van der Waals surface area contributed by atoms with Gasteiger partial charge in [-0.1, -0.05) is 56.3 Å². The summed E-state index contributed by atoms with van der Waals surface area (Å²) in [4.78, 5) is 38.6. The van der Waals surface area contributed by atoms with Crippen molar-refractivity contribution in [2.75, 3.05) is 13.7 Å². The van der Waals surface area contributed by atoms with E-state index in [1.165, 1.54) is 12.1 Å². The number of ether oxygens (including phenoxy) is 1. The van der Waals surface area contributed by atoms with Crippen LogP contribution in [0.2, 0.25) is 0 Å². The normalized spacial score (nSPS) is 15.3. The molecule has 1 saturated heterocycles. The summed E-state index contributed by atoms with van der Waals surface area (Å²) in [5, 5.41) is 12.4. The van der Waals surface area contributed by atoms with Crippen LogP contribution in [0.4, 0.5) is 0 Å². The number of nitrogens with zero attached hydrogens (tertiary/aromatic N) is 2. The van der Waals surface area contributed by atoms with E-state index in [9.17, 15) is 14.4 Å². The summed E-state index contributed by atoms with van der Waals surface area (Å²) in [7, 11) is 1.54. The van der Waals surface area contributed by atoms with E-state index in [-0.39, 0.29) is 23.5 Å². The van der Waals surface area contributed by atoms with Crippen LogP contribution < -0.4 is 15.4 Å². The zero-order valence-corrected chi connectivity index (χ0v) is 22.0. The highest BCUT2D eigenvalue weighted by molar-refractivity contribution is 5.99. The van der Waals surface area contributed by atoms with Crippen LogP contribution in [0.1, 0.15) is 49.2 Å². The highest BCUT2D eigenvalue weighted by Gasteiger charge is 2.27. The molecule has 1 aliphatic heterocycles. The largest absolute Gasteiger partial charge is 0.493 e. The van der Waals surface area contributed by atoms with Gasteiger partial charge in [0.05, 0.1) is 13.2 Å². The van der Waals surface area contributed by atoms with Gasteiger partial charge in [-0.05, 0) is 42.9 Å². The number of hydrazone groups is 1. The predicted molar refractivity (Wildman–Crippen MR) is 145 cm³/mol. The first-order chi connectivity index (χ1) is 18.3. The second-order valence-corrected chi connectivity index (χ2v) is 9.83. The van der Waals surface area contributed by atoms with Crippen molar-refractivity contribution in [3.63, 3.8) is 0 Å². The summed E-state index contributed by atoms with van der Waals surface area (Å²) in [6.07, 6.45) is 3.77. The van der Waals surface area contributed by atoms with E-state index in [2.05, 4.69) is 15.7 Å².